The second-order valence-corrected chi connectivity index (χ2v) is 6.86. The van der Waals surface area contributed by atoms with Crippen LogP contribution in [-0.2, 0) is 6.42 Å². The molecule has 1 aromatic carbocycles. The molecule has 0 radical (unpaired) electrons. The molecule has 102 valence electrons. The number of benzene rings is 1. The molecular formula is C17H24N2. The van der Waals surface area contributed by atoms with Crippen molar-refractivity contribution < 1.29 is 0 Å². The van der Waals surface area contributed by atoms with Crippen LogP contribution in [0.15, 0.2) is 30.3 Å². The van der Waals surface area contributed by atoms with Gasteiger partial charge in [0.05, 0.1) is 0 Å². The largest absolute Gasteiger partial charge is 0.271 e. The van der Waals surface area contributed by atoms with Crippen LogP contribution in [0.25, 0.3) is 0 Å². The topological polar surface area (TPSA) is 38.0 Å². The molecule has 3 N–H and O–H groups in total. The van der Waals surface area contributed by atoms with Gasteiger partial charge in [0.25, 0.3) is 0 Å². The summed E-state index contributed by atoms with van der Waals surface area (Å²) in [5.41, 5.74) is 4.57. The summed E-state index contributed by atoms with van der Waals surface area (Å²) in [4.78, 5) is 0. The van der Waals surface area contributed by atoms with Crippen LogP contribution in [0, 0.1) is 29.6 Å². The number of nitrogens with one attached hydrogen (secondary N) is 1. The van der Waals surface area contributed by atoms with Gasteiger partial charge in [-0.25, -0.2) is 0 Å². The van der Waals surface area contributed by atoms with Crippen LogP contribution in [0.5, 0.6) is 0 Å². The fourth-order valence-electron chi connectivity index (χ4n) is 5.28. The van der Waals surface area contributed by atoms with Gasteiger partial charge >= 0.3 is 0 Å². The van der Waals surface area contributed by atoms with Gasteiger partial charge in [-0.3, -0.25) is 11.3 Å². The number of rotatable bonds is 5. The molecule has 0 spiro atoms. The van der Waals surface area contributed by atoms with Crippen molar-refractivity contribution in [3.63, 3.8) is 0 Å². The van der Waals surface area contributed by atoms with E-state index in [-0.39, 0.29) is 0 Å². The second kappa shape index (κ2) is 4.60. The maximum atomic E-state index is 5.84. The fourth-order valence-corrected chi connectivity index (χ4v) is 5.28. The van der Waals surface area contributed by atoms with E-state index in [9.17, 15) is 0 Å². The van der Waals surface area contributed by atoms with Crippen molar-refractivity contribution in [2.24, 2.45) is 35.4 Å². The number of fused-ring (bicyclic) bond motifs is 5. The lowest BCUT2D eigenvalue weighted by Crippen LogP contribution is -2.38. The van der Waals surface area contributed by atoms with E-state index in [0.29, 0.717) is 6.04 Å². The summed E-state index contributed by atoms with van der Waals surface area (Å²) >= 11 is 0. The third kappa shape index (κ3) is 1.93. The van der Waals surface area contributed by atoms with E-state index in [1.165, 1.54) is 31.2 Å². The van der Waals surface area contributed by atoms with E-state index in [1.54, 1.807) is 0 Å². The van der Waals surface area contributed by atoms with Crippen LogP contribution in [0.2, 0.25) is 0 Å². The average Bonchev–Trinajstić information content (AvgIpc) is 2.89. The first-order chi connectivity index (χ1) is 9.38. The Kier molecular flexibility index (Phi) is 2.89. The molecule has 0 heterocycles. The number of hydrazine groups is 1. The Hall–Kier alpha value is -0.860. The molecule has 2 bridgehead atoms. The van der Waals surface area contributed by atoms with Gasteiger partial charge in [-0.15, -0.1) is 0 Å². The Labute approximate surface area is 115 Å². The van der Waals surface area contributed by atoms with E-state index >= 15 is 0 Å². The van der Waals surface area contributed by atoms with E-state index in [0.717, 1.165) is 36.0 Å². The predicted molar refractivity (Wildman–Crippen MR) is 77.2 cm³/mol. The zero-order valence-corrected chi connectivity index (χ0v) is 11.5. The van der Waals surface area contributed by atoms with Gasteiger partial charge in [-0.05, 0) is 67.3 Å². The number of aryl methyl sites for hydroxylation is 1. The Morgan fingerprint density at radius 1 is 1.11 bits per heavy atom. The first-order valence-corrected chi connectivity index (χ1v) is 7.88. The normalized spacial score (nSPS) is 40.2. The van der Waals surface area contributed by atoms with Crippen molar-refractivity contribution in [3.8, 4) is 0 Å². The van der Waals surface area contributed by atoms with Gasteiger partial charge < -0.3 is 0 Å². The quantitative estimate of drug-likeness (QED) is 0.628. The van der Waals surface area contributed by atoms with Crippen LogP contribution in [0.3, 0.4) is 0 Å². The van der Waals surface area contributed by atoms with Gasteiger partial charge in [-0.1, -0.05) is 30.3 Å². The summed E-state index contributed by atoms with van der Waals surface area (Å²) in [6, 6.07) is 11.3. The van der Waals surface area contributed by atoms with E-state index in [4.69, 9.17) is 5.84 Å². The van der Waals surface area contributed by atoms with E-state index < -0.39 is 0 Å². The Morgan fingerprint density at radius 3 is 2.42 bits per heavy atom. The second-order valence-electron chi connectivity index (χ2n) is 6.86. The number of hydrogen-bond acceptors (Lipinski definition) is 2. The van der Waals surface area contributed by atoms with Crippen LogP contribution < -0.4 is 11.3 Å². The Morgan fingerprint density at radius 2 is 1.79 bits per heavy atom. The van der Waals surface area contributed by atoms with Crippen molar-refractivity contribution in [1.82, 2.24) is 5.43 Å². The molecule has 0 saturated heterocycles. The first kappa shape index (κ1) is 11.9. The van der Waals surface area contributed by atoms with Gasteiger partial charge in [0.2, 0.25) is 0 Å². The third-order valence-corrected chi connectivity index (χ3v) is 6.06. The molecule has 2 heteroatoms. The van der Waals surface area contributed by atoms with Crippen LogP contribution in [-0.4, -0.2) is 6.04 Å². The molecule has 3 fully saturated rings. The monoisotopic (exact) mass is 256 g/mol. The smallest absolute Gasteiger partial charge is 0.0247 e. The minimum absolute atomic E-state index is 0.540. The Bertz CT molecular complexity index is 428. The van der Waals surface area contributed by atoms with Gasteiger partial charge in [0, 0.05) is 6.04 Å². The van der Waals surface area contributed by atoms with Crippen LogP contribution >= 0.6 is 0 Å². The molecule has 19 heavy (non-hydrogen) atoms. The van der Waals surface area contributed by atoms with Gasteiger partial charge in [-0.2, -0.15) is 0 Å². The SMILES string of the molecule is NNC(CCc1ccccc1)C1C2C3CCC(C3)C21. The number of nitrogens with two attached hydrogens (primary N) is 1. The third-order valence-electron chi connectivity index (χ3n) is 6.06. The zero-order chi connectivity index (χ0) is 12.8. The highest BCUT2D eigenvalue weighted by Gasteiger charge is 2.66. The molecular weight excluding hydrogens is 232 g/mol. The predicted octanol–water partition coefficient (Wildman–Crippen LogP) is 2.74. The van der Waals surface area contributed by atoms with Crippen molar-refractivity contribution in [2.45, 2.75) is 38.1 Å². The summed E-state index contributed by atoms with van der Waals surface area (Å²) in [6.07, 6.45) is 6.87. The highest BCUT2D eigenvalue weighted by atomic mass is 15.2. The lowest BCUT2D eigenvalue weighted by atomic mass is 9.94. The molecule has 0 aromatic heterocycles. The lowest BCUT2D eigenvalue weighted by molar-refractivity contribution is 0.352. The van der Waals surface area contributed by atoms with Crippen LogP contribution in [0.4, 0.5) is 0 Å². The minimum atomic E-state index is 0.540. The molecule has 3 saturated carbocycles. The molecule has 1 aromatic rings. The summed E-state index contributed by atoms with van der Waals surface area (Å²) in [5.74, 6) is 10.9. The minimum Gasteiger partial charge on any atom is -0.271 e. The zero-order valence-electron chi connectivity index (χ0n) is 11.5. The molecule has 2 nitrogen and oxygen atoms in total. The highest BCUT2D eigenvalue weighted by molar-refractivity contribution is 5.18. The highest BCUT2D eigenvalue weighted by Crippen LogP contribution is 2.70. The van der Waals surface area contributed by atoms with E-state index in [1.807, 2.05) is 0 Å². The molecule has 5 unspecified atom stereocenters. The first-order valence-electron chi connectivity index (χ1n) is 7.88. The molecule has 0 aliphatic heterocycles. The molecule has 0 amide bonds. The summed E-state index contributed by atoms with van der Waals surface area (Å²) < 4.78 is 0. The fraction of sp³-hybridized carbons (Fsp3) is 0.647. The summed E-state index contributed by atoms with van der Waals surface area (Å²) in [5, 5.41) is 0. The van der Waals surface area contributed by atoms with Crippen molar-refractivity contribution in [2.75, 3.05) is 0 Å². The van der Waals surface area contributed by atoms with Gasteiger partial charge in [0.1, 0.15) is 0 Å². The number of hydrogen-bond donors (Lipinski definition) is 2. The van der Waals surface area contributed by atoms with Gasteiger partial charge in [0.15, 0.2) is 0 Å². The lowest BCUT2D eigenvalue weighted by Gasteiger charge is -2.19. The molecule has 3 aliphatic carbocycles. The van der Waals surface area contributed by atoms with Crippen molar-refractivity contribution >= 4 is 0 Å². The summed E-state index contributed by atoms with van der Waals surface area (Å²) in [7, 11) is 0. The van der Waals surface area contributed by atoms with Crippen molar-refractivity contribution in [1.29, 1.82) is 0 Å². The standard InChI is InChI=1S/C17H24N2/c18-19-14(9-6-11-4-2-1-3-5-11)17-15-12-7-8-13(10-12)16(15)17/h1-5,12-17,19H,6-10,18H2. The Balaban J connectivity index is 1.38. The maximum absolute atomic E-state index is 5.84. The summed E-state index contributed by atoms with van der Waals surface area (Å²) in [6.45, 7) is 0. The molecule has 4 rings (SSSR count). The van der Waals surface area contributed by atoms with Crippen LogP contribution in [0.1, 0.15) is 31.2 Å². The maximum Gasteiger partial charge on any atom is 0.0247 e. The molecule has 3 aliphatic rings. The van der Waals surface area contributed by atoms with Crippen molar-refractivity contribution in [3.05, 3.63) is 35.9 Å². The molecule has 5 atom stereocenters. The average molecular weight is 256 g/mol. The van der Waals surface area contributed by atoms with E-state index in [2.05, 4.69) is 35.8 Å².